The number of carbonyl (C=O) groups is 2. The number of benzene rings is 2. The molecule has 1 fully saturated rings. The zero-order valence-corrected chi connectivity index (χ0v) is 16.7. The van der Waals surface area contributed by atoms with Crippen LogP contribution in [-0.4, -0.2) is 48.6 Å². The lowest BCUT2D eigenvalue weighted by molar-refractivity contribution is -0.151. The van der Waals surface area contributed by atoms with Gasteiger partial charge in [-0.3, -0.25) is 4.79 Å². The largest absolute Gasteiger partial charge is 0.445 e. The molecule has 28 heavy (non-hydrogen) atoms. The maximum Gasteiger partial charge on any atom is 0.339 e. The van der Waals surface area contributed by atoms with Crippen LogP contribution in [0.25, 0.3) is 0 Å². The van der Waals surface area contributed by atoms with E-state index in [1.165, 1.54) is 16.8 Å². The van der Waals surface area contributed by atoms with Gasteiger partial charge in [0.05, 0.1) is 5.56 Å². The van der Waals surface area contributed by atoms with E-state index in [1.807, 2.05) is 23.1 Å². The summed E-state index contributed by atoms with van der Waals surface area (Å²) in [6.07, 6.45) is 0.422. The minimum atomic E-state index is -1.13. The van der Waals surface area contributed by atoms with E-state index in [0.29, 0.717) is 25.1 Å². The van der Waals surface area contributed by atoms with Crippen LogP contribution in [-0.2, 0) is 16.0 Å². The highest BCUT2D eigenvalue weighted by molar-refractivity contribution is 5.97. The van der Waals surface area contributed by atoms with E-state index >= 15 is 0 Å². The molecule has 0 unspecified atom stereocenters. The van der Waals surface area contributed by atoms with Crippen LogP contribution in [0.3, 0.4) is 0 Å². The molecular formula is C23H26N2O3. The minimum absolute atomic E-state index is 0.101. The number of carbonyl (C=O) groups excluding carboxylic acids is 2. The van der Waals surface area contributed by atoms with Crippen molar-refractivity contribution in [1.29, 1.82) is 0 Å². The van der Waals surface area contributed by atoms with Crippen molar-refractivity contribution in [3.05, 3.63) is 64.7 Å². The predicted octanol–water partition coefficient (Wildman–Crippen LogP) is 3.12. The molecule has 2 aliphatic rings. The number of aryl methyl sites for hydroxylation is 1. The second kappa shape index (κ2) is 6.97. The number of hydrogen-bond acceptors (Lipinski definition) is 4. The smallest absolute Gasteiger partial charge is 0.339 e. The van der Waals surface area contributed by atoms with E-state index in [9.17, 15) is 9.59 Å². The number of piperazine rings is 1. The lowest BCUT2D eigenvalue weighted by Crippen LogP contribution is -2.58. The summed E-state index contributed by atoms with van der Waals surface area (Å²) >= 11 is 0. The van der Waals surface area contributed by atoms with Crippen LogP contribution >= 0.6 is 0 Å². The van der Waals surface area contributed by atoms with Gasteiger partial charge in [0.2, 0.25) is 0 Å². The number of fused-ring (bicyclic) bond motifs is 1. The topological polar surface area (TPSA) is 49.9 Å². The van der Waals surface area contributed by atoms with Crippen molar-refractivity contribution >= 4 is 17.6 Å². The number of ether oxygens (including phenoxy) is 1. The fourth-order valence-electron chi connectivity index (χ4n) is 4.22. The van der Waals surface area contributed by atoms with Gasteiger partial charge in [0.15, 0.2) is 5.60 Å². The second-order valence-electron chi connectivity index (χ2n) is 7.95. The predicted molar refractivity (Wildman–Crippen MR) is 109 cm³/mol. The van der Waals surface area contributed by atoms with E-state index in [4.69, 9.17) is 4.74 Å². The van der Waals surface area contributed by atoms with E-state index < -0.39 is 11.6 Å². The molecule has 0 radical (unpaired) electrons. The summed E-state index contributed by atoms with van der Waals surface area (Å²) in [7, 11) is 0. The molecule has 1 atom stereocenters. The minimum Gasteiger partial charge on any atom is -0.445 e. The molecule has 1 saturated heterocycles. The average molecular weight is 378 g/mol. The Hall–Kier alpha value is -2.82. The van der Waals surface area contributed by atoms with Crippen LogP contribution in [0.4, 0.5) is 5.69 Å². The first kappa shape index (κ1) is 18.5. The maximum absolute atomic E-state index is 13.2. The van der Waals surface area contributed by atoms with Crippen LogP contribution in [0.1, 0.15) is 34.0 Å². The summed E-state index contributed by atoms with van der Waals surface area (Å²) in [4.78, 5) is 29.8. The van der Waals surface area contributed by atoms with Gasteiger partial charge in [0.1, 0.15) is 0 Å². The van der Waals surface area contributed by atoms with Gasteiger partial charge in [-0.1, -0.05) is 30.3 Å². The van der Waals surface area contributed by atoms with Gasteiger partial charge >= 0.3 is 5.97 Å². The second-order valence-corrected chi connectivity index (χ2v) is 7.95. The molecule has 2 aliphatic heterocycles. The van der Waals surface area contributed by atoms with E-state index in [1.54, 1.807) is 13.0 Å². The molecule has 2 heterocycles. The third-order valence-electron chi connectivity index (χ3n) is 6.02. The zero-order valence-electron chi connectivity index (χ0n) is 16.7. The molecule has 2 aromatic rings. The highest BCUT2D eigenvalue weighted by Gasteiger charge is 2.45. The van der Waals surface area contributed by atoms with Crippen molar-refractivity contribution in [1.82, 2.24) is 4.90 Å². The quantitative estimate of drug-likeness (QED) is 0.754. The Kier molecular flexibility index (Phi) is 4.61. The van der Waals surface area contributed by atoms with Gasteiger partial charge in [0.25, 0.3) is 5.91 Å². The van der Waals surface area contributed by atoms with Gasteiger partial charge < -0.3 is 14.5 Å². The molecule has 0 N–H and O–H groups in total. The van der Waals surface area contributed by atoms with Crippen LogP contribution in [0.15, 0.2) is 42.5 Å². The Balaban J connectivity index is 1.47. The van der Waals surface area contributed by atoms with Crippen molar-refractivity contribution in [2.24, 2.45) is 0 Å². The first-order valence-corrected chi connectivity index (χ1v) is 9.81. The number of hydrogen-bond donors (Lipinski definition) is 0. The molecular weight excluding hydrogens is 352 g/mol. The van der Waals surface area contributed by atoms with Crippen LogP contribution in [0.2, 0.25) is 0 Å². The third-order valence-corrected chi connectivity index (χ3v) is 6.02. The van der Waals surface area contributed by atoms with Crippen LogP contribution in [0, 0.1) is 13.8 Å². The Morgan fingerprint density at radius 2 is 1.71 bits per heavy atom. The molecule has 2 aromatic carbocycles. The van der Waals surface area contributed by atoms with E-state index in [-0.39, 0.29) is 5.91 Å². The summed E-state index contributed by atoms with van der Waals surface area (Å²) in [6.45, 7) is 8.80. The SMILES string of the molecule is Cc1cccc(N2CCN(C(=O)[C@@]3(C)Cc4ccccc4C(=O)O3)CC2)c1C. The molecule has 0 spiro atoms. The van der Waals surface area contributed by atoms with Gasteiger partial charge in [-0.2, -0.15) is 0 Å². The Morgan fingerprint density at radius 3 is 2.46 bits per heavy atom. The van der Waals surface area contributed by atoms with Crippen molar-refractivity contribution < 1.29 is 14.3 Å². The van der Waals surface area contributed by atoms with Crippen molar-refractivity contribution in [2.45, 2.75) is 32.8 Å². The van der Waals surface area contributed by atoms with Crippen LogP contribution < -0.4 is 4.90 Å². The summed E-state index contributed by atoms with van der Waals surface area (Å²) in [5, 5.41) is 0. The molecule has 146 valence electrons. The van der Waals surface area contributed by atoms with Crippen molar-refractivity contribution in [3.63, 3.8) is 0 Å². The first-order valence-electron chi connectivity index (χ1n) is 9.81. The number of cyclic esters (lactones) is 1. The molecule has 0 aromatic heterocycles. The molecule has 0 aliphatic carbocycles. The lowest BCUT2D eigenvalue weighted by atomic mass is 9.88. The highest BCUT2D eigenvalue weighted by atomic mass is 16.6. The lowest BCUT2D eigenvalue weighted by Gasteiger charge is -2.41. The molecule has 1 amide bonds. The fourth-order valence-corrected chi connectivity index (χ4v) is 4.22. The normalized spacial score (nSPS) is 21.9. The summed E-state index contributed by atoms with van der Waals surface area (Å²) in [5.74, 6) is -0.511. The third kappa shape index (κ3) is 3.15. The first-order chi connectivity index (χ1) is 13.4. The Bertz CT molecular complexity index is 931. The zero-order chi connectivity index (χ0) is 19.9. The molecule has 4 rings (SSSR count). The van der Waals surface area contributed by atoms with E-state index in [0.717, 1.165) is 18.7 Å². The molecule has 5 nitrogen and oxygen atoms in total. The van der Waals surface area contributed by atoms with E-state index in [2.05, 4.69) is 36.9 Å². The Morgan fingerprint density at radius 1 is 1.00 bits per heavy atom. The number of amides is 1. The fraction of sp³-hybridized carbons (Fsp3) is 0.391. The number of anilines is 1. The number of rotatable bonds is 2. The summed E-state index contributed by atoms with van der Waals surface area (Å²) in [6, 6.07) is 13.7. The number of nitrogens with zero attached hydrogens (tertiary/aromatic N) is 2. The highest BCUT2D eigenvalue weighted by Crippen LogP contribution is 2.31. The maximum atomic E-state index is 13.2. The van der Waals surface area contributed by atoms with Gasteiger partial charge in [-0.15, -0.1) is 0 Å². The van der Waals surface area contributed by atoms with Gasteiger partial charge in [-0.25, -0.2) is 4.79 Å². The molecule has 0 saturated carbocycles. The number of esters is 1. The average Bonchev–Trinajstić information content (AvgIpc) is 2.69. The van der Waals surface area contributed by atoms with Crippen molar-refractivity contribution in [3.8, 4) is 0 Å². The Labute approximate surface area is 165 Å². The van der Waals surface area contributed by atoms with Crippen molar-refractivity contribution in [2.75, 3.05) is 31.1 Å². The monoisotopic (exact) mass is 378 g/mol. The summed E-state index contributed by atoms with van der Waals surface area (Å²) < 4.78 is 5.62. The van der Waals surface area contributed by atoms with Gasteiger partial charge in [0, 0.05) is 38.3 Å². The van der Waals surface area contributed by atoms with Gasteiger partial charge in [-0.05, 0) is 49.6 Å². The molecule has 5 heteroatoms. The molecule has 0 bridgehead atoms. The van der Waals surface area contributed by atoms with Crippen LogP contribution in [0.5, 0.6) is 0 Å². The summed E-state index contributed by atoms with van der Waals surface area (Å²) in [5.41, 5.74) is 4.10. The standard InChI is InChI=1S/C23H26N2O3/c1-16-7-6-10-20(17(16)2)24-11-13-25(14-12-24)22(27)23(3)15-18-8-4-5-9-19(18)21(26)28-23/h4-10H,11-15H2,1-3H3/t23-/m1/s1.